The summed E-state index contributed by atoms with van der Waals surface area (Å²) < 4.78 is 0. The van der Waals surface area contributed by atoms with Crippen molar-refractivity contribution in [2.75, 3.05) is 14.1 Å². The molecule has 0 spiro atoms. The van der Waals surface area contributed by atoms with Crippen molar-refractivity contribution in [2.24, 2.45) is 0 Å². The zero-order valence-electron chi connectivity index (χ0n) is 7.37. The smallest absolute Gasteiger partial charge is 0.193 e. The summed E-state index contributed by atoms with van der Waals surface area (Å²) in [6, 6.07) is 0. The number of rotatable bonds is 2. The Hall–Kier alpha value is -1.09. The van der Waals surface area contributed by atoms with E-state index >= 15 is 0 Å². The van der Waals surface area contributed by atoms with Gasteiger partial charge in [0.15, 0.2) is 5.78 Å². The summed E-state index contributed by atoms with van der Waals surface area (Å²) >= 11 is 0. The molecule has 1 aliphatic rings. The van der Waals surface area contributed by atoms with E-state index in [0.29, 0.717) is 6.42 Å². The van der Waals surface area contributed by atoms with Crippen LogP contribution in [0.15, 0.2) is 24.4 Å². The Labute approximate surface area is 72.0 Å². The Bertz CT molecular complexity index is 255. The van der Waals surface area contributed by atoms with E-state index in [1.54, 1.807) is 0 Å². The molecular formula is C9H13NO2. The van der Waals surface area contributed by atoms with Crippen molar-refractivity contribution >= 4 is 5.78 Å². The maximum absolute atomic E-state index is 11.2. The van der Waals surface area contributed by atoms with Gasteiger partial charge in [0.05, 0.1) is 0 Å². The van der Waals surface area contributed by atoms with Gasteiger partial charge in [-0.2, -0.15) is 0 Å². The first-order valence-electron chi connectivity index (χ1n) is 3.78. The van der Waals surface area contributed by atoms with Gasteiger partial charge in [-0.05, 0) is 0 Å². The predicted molar refractivity (Wildman–Crippen MR) is 46.5 cm³/mol. The molecule has 0 aliphatic heterocycles. The van der Waals surface area contributed by atoms with Gasteiger partial charge in [0.25, 0.3) is 0 Å². The molecule has 1 aliphatic carbocycles. The molecule has 0 aromatic rings. The van der Waals surface area contributed by atoms with Crippen LogP contribution in [-0.2, 0) is 4.79 Å². The highest BCUT2D eigenvalue weighted by molar-refractivity contribution is 6.01. The molecule has 0 fully saturated rings. The van der Waals surface area contributed by atoms with E-state index < -0.39 is 5.60 Å². The number of hydrogen-bond acceptors (Lipinski definition) is 3. The van der Waals surface area contributed by atoms with Crippen molar-refractivity contribution in [1.29, 1.82) is 0 Å². The van der Waals surface area contributed by atoms with Crippen molar-refractivity contribution < 1.29 is 9.90 Å². The SMILES string of the molecule is C=C[C@]1(O)CC(N(C)C)=CC1=O. The van der Waals surface area contributed by atoms with Gasteiger partial charge in [0.1, 0.15) is 5.60 Å². The lowest BCUT2D eigenvalue weighted by atomic mass is 10.0. The number of ketones is 1. The summed E-state index contributed by atoms with van der Waals surface area (Å²) in [5, 5.41) is 9.64. The van der Waals surface area contributed by atoms with E-state index in [-0.39, 0.29) is 5.78 Å². The molecule has 0 heterocycles. The fraction of sp³-hybridized carbons (Fsp3) is 0.444. The largest absolute Gasteiger partial charge is 0.381 e. The van der Waals surface area contributed by atoms with Crippen LogP contribution in [0.4, 0.5) is 0 Å². The van der Waals surface area contributed by atoms with Crippen LogP contribution in [0.25, 0.3) is 0 Å². The van der Waals surface area contributed by atoms with Gasteiger partial charge in [-0.3, -0.25) is 4.79 Å². The second kappa shape index (κ2) is 2.75. The van der Waals surface area contributed by atoms with Crippen LogP contribution in [0.2, 0.25) is 0 Å². The summed E-state index contributed by atoms with van der Waals surface area (Å²) in [6.07, 6.45) is 3.09. The molecule has 3 heteroatoms. The van der Waals surface area contributed by atoms with Crippen molar-refractivity contribution in [1.82, 2.24) is 4.90 Å². The minimum absolute atomic E-state index is 0.277. The van der Waals surface area contributed by atoms with Gasteiger partial charge < -0.3 is 10.0 Å². The minimum atomic E-state index is -1.36. The predicted octanol–water partition coefficient (Wildman–Crippen LogP) is 0.322. The highest BCUT2D eigenvalue weighted by Gasteiger charge is 2.37. The van der Waals surface area contributed by atoms with Gasteiger partial charge >= 0.3 is 0 Å². The fourth-order valence-electron chi connectivity index (χ4n) is 1.15. The van der Waals surface area contributed by atoms with Gasteiger partial charge in [-0.15, -0.1) is 0 Å². The molecule has 0 saturated heterocycles. The molecule has 1 N–H and O–H groups in total. The average molecular weight is 167 g/mol. The van der Waals surface area contributed by atoms with E-state index in [9.17, 15) is 9.90 Å². The molecule has 0 aromatic carbocycles. The van der Waals surface area contributed by atoms with Crippen LogP contribution < -0.4 is 0 Å². The zero-order valence-corrected chi connectivity index (χ0v) is 7.37. The monoisotopic (exact) mass is 167 g/mol. The van der Waals surface area contributed by atoms with Gasteiger partial charge in [-0.1, -0.05) is 12.7 Å². The fourth-order valence-corrected chi connectivity index (χ4v) is 1.15. The molecule has 66 valence electrons. The maximum atomic E-state index is 11.2. The van der Waals surface area contributed by atoms with E-state index in [1.807, 2.05) is 19.0 Å². The van der Waals surface area contributed by atoms with Crippen molar-refractivity contribution in [3.63, 3.8) is 0 Å². The first-order chi connectivity index (χ1) is 5.49. The molecular weight excluding hydrogens is 154 g/mol. The Balaban J connectivity index is 2.87. The Kier molecular flexibility index (Phi) is 2.06. The van der Waals surface area contributed by atoms with Crippen LogP contribution in [0.3, 0.4) is 0 Å². The lowest BCUT2D eigenvalue weighted by Gasteiger charge is -2.18. The Morgan fingerprint density at radius 1 is 1.75 bits per heavy atom. The third-order valence-electron chi connectivity index (χ3n) is 2.09. The number of hydrogen-bond donors (Lipinski definition) is 1. The van der Waals surface area contributed by atoms with Crippen molar-refractivity contribution in [3.05, 3.63) is 24.4 Å². The quantitative estimate of drug-likeness (QED) is 0.602. The van der Waals surface area contributed by atoms with E-state index in [1.165, 1.54) is 12.2 Å². The molecule has 3 nitrogen and oxygen atoms in total. The van der Waals surface area contributed by atoms with Crippen molar-refractivity contribution in [2.45, 2.75) is 12.0 Å². The summed E-state index contributed by atoms with van der Waals surface area (Å²) in [4.78, 5) is 13.0. The summed E-state index contributed by atoms with van der Waals surface area (Å²) in [6.45, 7) is 3.44. The topological polar surface area (TPSA) is 40.5 Å². The third-order valence-corrected chi connectivity index (χ3v) is 2.09. The number of nitrogens with zero attached hydrogens (tertiary/aromatic N) is 1. The molecule has 0 radical (unpaired) electrons. The molecule has 0 unspecified atom stereocenters. The second-order valence-corrected chi connectivity index (χ2v) is 3.20. The normalized spacial score (nSPS) is 28.6. The Morgan fingerprint density at radius 2 is 2.33 bits per heavy atom. The van der Waals surface area contributed by atoms with E-state index in [0.717, 1.165) is 5.70 Å². The summed E-state index contributed by atoms with van der Waals surface area (Å²) in [5.41, 5.74) is -0.526. The highest BCUT2D eigenvalue weighted by Crippen LogP contribution is 2.27. The van der Waals surface area contributed by atoms with Crippen LogP contribution in [0.5, 0.6) is 0 Å². The average Bonchev–Trinajstić information content (AvgIpc) is 2.30. The first kappa shape index (κ1) is 9.00. The van der Waals surface area contributed by atoms with Crippen molar-refractivity contribution in [3.8, 4) is 0 Å². The van der Waals surface area contributed by atoms with E-state index in [2.05, 4.69) is 6.58 Å². The molecule has 0 bridgehead atoms. The molecule has 1 rings (SSSR count). The second-order valence-electron chi connectivity index (χ2n) is 3.20. The first-order valence-corrected chi connectivity index (χ1v) is 3.78. The molecule has 0 aromatic heterocycles. The van der Waals surface area contributed by atoms with Crippen LogP contribution in [0, 0.1) is 0 Å². The number of aliphatic hydroxyl groups is 1. The lowest BCUT2D eigenvalue weighted by molar-refractivity contribution is -0.126. The molecule has 0 amide bonds. The zero-order chi connectivity index (χ0) is 9.35. The van der Waals surface area contributed by atoms with Gasteiger partial charge in [0, 0.05) is 32.3 Å². The van der Waals surface area contributed by atoms with Crippen LogP contribution >= 0.6 is 0 Å². The minimum Gasteiger partial charge on any atom is -0.381 e. The standard InChI is InChI=1S/C9H13NO2/c1-4-9(12)6-7(10(2)3)5-8(9)11/h4-5,12H,1,6H2,2-3H3/t9-/m0/s1. The lowest BCUT2D eigenvalue weighted by Crippen LogP contribution is -2.31. The summed E-state index contributed by atoms with van der Waals surface area (Å²) in [7, 11) is 3.68. The maximum Gasteiger partial charge on any atom is 0.193 e. The molecule has 0 saturated carbocycles. The summed E-state index contributed by atoms with van der Waals surface area (Å²) in [5.74, 6) is -0.277. The van der Waals surface area contributed by atoms with Crippen LogP contribution in [-0.4, -0.2) is 35.5 Å². The number of carbonyl (C=O) groups excluding carboxylic acids is 1. The van der Waals surface area contributed by atoms with Gasteiger partial charge in [0.2, 0.25) is 0 Å². The highest BCUT2D eigenvalue weighted by atomic mass is 16.3. The van der Waals surface area contributed by atoms with E-state index in [4.69, 9.17) is 0 Å². The third kappa shape index (κ3) is 1.28. The number of carbonyl (C=O) groups is 1. The Morgan fingerprint density at radius 3 is 2.58 bits per heavy atom. The van der Waals surface area contributed by atoms with Crippen LogP contribution in [0.1, 0.15) is 6.42 Å². The molecule has 1 atom stereocenters. The molecule has 12 heavy (non-hydrogen) atoms. The van der Waals surface area contributed by atoms with Gasteiger partial charge in [-0.25, -0.2) is 0 Å².